The van der Waals surface area contributed by atoms with Crippen molar-refractivity contribution >= 4 is 41.4 Å². The molecule has 196 valence electrons. The summed E-state index contributed by atoms with van der Waals surface area (Å²) in [5, 5.41) is 0. The Balaban J connectivity index is 2.00. The van der Waals surface area contributed by atoms with Gasteiger partial charge in [-0.3, -0.25) is 0 Å². The average Bonchev–Trinajstić information content (AvgIpc) is 2.72. The molecule has 0 radical (unpaired) electrons. The summed E-state index contributed by atoms with van der Waals surface area (Å²) in [6.07, 6.45) is 0. The number of ether oxygens (including phenoxy) is 2. The Hall–Kier alpha value is -2.59. The Morgan fingerprint density at radius 1 is 0.657 bits per heavy atom. The third kappa shape index (κ3) is 7.20. The van der Waals surface area contributed by atoms with Crippen LogP contribution in [0.2, 0.25) is 0 Å². The van der Waals surface area contributed by atoms with Crippen LogP contribution < -0.4 is 20.9 Å². The Labute approximate surface area is 205 Å². The van der Waals surface area contributed by atoms with E-state index in [0.29, 0.717) is 11.1 Å². The van der Waals surface area contributed by atoms with E-state index in [1.165, 1.54) is 52.3 Å². The van der Waals surface area contributed by atoms with Gasteiger partial charge in [-0.1, -0.05) is 0 Å². The lowest BCUT2D eigenvalue weighted by Crippen LogP contribution is -2.21. The van der Waals surface area contributed by atoms with Crippen LogP contribution >= 0.6 is 0 Å². The first-order valence-electron chi connectivity index (χ1n) is 10.0. The molecule has 0 fully saturated rings. The van der Waals surface area contributed by atoms with E-state index in [0.717, 1.165) is 0 Å². The number of aryl methyl sites for hydroxylation is 2. The van der Waals surface area contributed by atoms with E-state index in [2.05, 4.69) is 8.37 Å². The summed E-state index contributed by atoms with van der Waals surface area (Å²) in [6, 6.07) is 5.32. The third-order valence-electron chi connectivity index (χ3n) is 4.88. The van der Waals surface area contributed by atoms with E-state index in [1.54, 1.807) is 0 Å². The molecular formula is C20H28N2O10S3. The maximum Gasteiger partial charge on any atom is 0.399 e. The van der Waals surface area contributed by atoms with Crippen LogP contribution in [0.15, 0.2) is 34.1 Å². The predicted molar refractivity (Wildman–Crippen MR) is 129 cm³/mol. The molecule has 35 heavy (non-hydrogen) atoms. The topological polar surface area (TPSA) is 191 Å². The van der Waals surface area contributed by atoms with Crippen LogP contribution in [0.1, 0.15) is 11.1 Å². The minimum absolute atomic E-state index is 0.0918. The van der Waals surface area contributed by atoms with Crippen molar-refractivity contribution in [3.05, 3.63) is 35.4 Å². The van der Waals surface area contributed by atoms with Gasteiger partial charge in [0.1, 0.15) is 11.5 Å². The van der Waals surface area contributed by atoms with E-state index in [9.17, 15) is 25.3 Å². The molecule has 0 heterocycles. The average molecular weight is 553 g/mol. The molecule has 0 aliphatic carbocycles. The van der Waals surface area contributed by atoms with Gasteiger partial charge in [0.05, 0.1) is 60.1 Å². The molecule has 0 bridgehead atoms. The molecule has 0 aliphatic rings. The summed E-state index contributed by atoms with van der Waals surface area (Å²) in [7, 11) is -9.92. The van der Waals surface area contributed by atoms with Gasteiger partial charge in [-0.05, 0) is 37.1 Å². The Morgan fingerprint density at radius 3 is 1.31 bits per heavy atom. The number of hydrogen-bond acceptors (Lipinski definition) is 12. The molecule has 15 heteroatoms. The highest BCUT2D eigenvalue weighted by Gasteiger charge is 2.24. The fraction of sp³-hybridized carbons (Fsp3) is 0.400. The molecule has 2 rings (SSSR count). The van der Waals surface area contributed by atoms with Gasteiger partial charge in [0.15, 0.2) is 19.7 Å². The van der Waals surface area contributed by atoms with Gasteiger partial charge in [0.2, 0.25) is 0 Å². The minimum atomic E-state index is -4.67. The molecule has 0 amide bonds. The van der Waals surface area contributed by atoms with E-state index >= 15 is 0 Å². The van der Waals surface area contributed by atoms with Crippen molar-refractivity contribution in [1.82, 2.24) is 0 Å². The summed E-state index contributed by atoms with van der Waals surface area (Å²) in [6.45, 7) is 1.56. The van der Waals surface area contributed by atoms with Gasteiger partial charge < -0.3 is 20.9 Å². The SMILES string of the molecule is COc1cc(S(=O)(=O)CCOS(=O)(=O)OCCS(=O)(=O)c2cc(OC)c(N)cc2C)c(C)cc1N. The highest BCUT2D eigenvalue weighted by Crippen LogP contribution is 2.30. The van der Waals surface area contributed by atoms with E-state index in [1.807, 2.05) is 0 Å². The van der Waals surface area contributed by atoms with E-state index < -0.39 is 54.8 Å². The fourth-order valence-corrected chi connectivity index (χ4v) is 6.72. The van der Waals surface area contributed by atoms with Crippen LogP contribution in [0.25, 0.3) is 0 Å². The third-order valence-corrected chi connectivity index (χ3v) is 9.42. The van der Waals surface area contributed by atoms with Gasteiger partial charge in [0.25, 0.3) is 0 Å². The highest BCUT2D eigenvalue weighted by molar-refractivity contribution is 7.91. The quantitative estimate of drug-likeness (QED) is 0.356. The second-order valence-electron chi connectivity index (χ2n) is 7.41. The number of nitrogens with two attached hydrogens (primary N) is 2. The summed E-state index contributed by atoms with van der Waals surface area (Å²) < 4.78 is 93.7. The number of nitrogen functional groups attached to an aromatic ring is 2. The first-order valence-corrected chi connectivity index (χ1v) is 14.6. The van der Waals surface area contributed by atoms with Gasteiger partial charge in [-0.2, -0.15) is 8.42 Å². The number of sulfone groups is 2. The number of benzene rings is 2. The smallest absolute Gasteiger partial charge is 0.399 e. The van der Waals surface area contributed by atoms with Crippen molar-refractivity contribution in [3.63, 3.8) is 0 Å². The van der Waals surface area contributed by atoms with E-state index in [-0.39, 0.29) is 32.7 Å². The Morgan fingerprint density at radius 2 is 1.00 bits per heavy atom. The molecule has 2 aromatic rings. The molecule has 0 aliphatic heterocycles. The molecule has 0 unspecified atom stereocenters. The lowest BCUT2D eigenvalue weighted by molar-refractivity contribution is 0.232. The van der Waals surface area contributed by atoms with Crippen molar-refractivity contribution < 1.29 is 43.1 Å². The Kier molecular flexibility index (Phi) is 8.99. The van der Waals surface area contributed by atoms with Gasteiger partial charge in [0, 0.05) is 12.1 Å². The zero-order valence-corrected chi connectivity index (χ0v) is 22.0. The summed E-state index contributed by atoms with van der Waals surface area (Å²) in [5.41, 5.74) is 12.7. The molecule has 0 saturated carbocycles. The molecule has 0 spiro atoms. The van der Waals surface area contributed by atoms with Crippen LogP contribution in [0.5, 0.6) is 11.5 Å². The van der Waals surface area contributed by atoms with Crippen molar-refractivity contribution in [3.8, 4) is 11.5 Å². The number of rotatable bonds is 12. The summed E-state index contributed by atoms with van der Waals surface area (Å²) in [4.78, 5) is -0.184. The van der Waals surface area contributed by atoms with Gasteiger partial charge >= 0.3 is 10.4 Å². The molecule has 0 aromatic heterocycles. The molecule has 2 aromatic carbocycles. The second-order valence-corrected chi connectivity index (χ2v) is 12.9. The number of methoxy groups -OCH3 is 2. The molecule has 0 atom stereocenters. The second kappa shape index (κ2) is 11.0. The molecule has 0 saturated heterocycles. The molecular weight excluding hydrogens is 524 g/mol. The molecule has 12 nitrogen and oxygen atoms in total. The Bertz CT molecular complexity index is 1300. The first kappa shape index (κ1) is 28.6. The lowest BCUT2D eigenvalue weighted by atomic mass is 10.2. The monoisotopic (exact) mass is 552 g/mol. The highest BCUT2D eigenvalue weighted by atomic mass is 32.3. The zero-order chi connectivity index (χ0) is 26.6. The van der Waals surface area contributed by atoms with Crippen molar-refractivity contribution in [2.45, 2.75) is 23.6 Å². The summed E-state index contributed by atoms with van der Waals surface area (Å²) >= 11 is 0. The first-order chi connectivity index (χ1) is 16.1. The van der Waals surface area contributed by atoms with Crippen LogP contribution in [0, 0.1) is 13.8 Å². The van der Waals surface area contributed by atoms with Crippen molar-refractivity contribution in [2.75, 3.05) is 50.4 Å². The normalized spacial score (nSPS) is 12.5. The number of anilines is 2. The van der Waals surface area contributed by atoms with Gasteiger partial charge in [-0.25, -0.2) is 25.2 Å². The van der Waals surface area contributed by atoms with Gasteiger partial charge in [-0.15, -0.1) is 0 Å². The van der Waals surface area contributed by atoms with Crippen LogP contribution in [-0.4, -0.2) is 64.2 Å². The maximum atomic E-state index is 12.6. The van der Waals surface area contributed by atoms with Crippen LogP contribution in [-0.2, 0) is 38.4 Å². The largest absolute Gasteiger partial charge is 0.495 e. The lowest BCUT2D eigenvalue weighted by Gasteiger charge is -2.13. The van der Waals surface area contributed by atoms with Crippen molar-refractivity contribution in [2.24, 2.45) is 0 Å². The predicted octanol–water partition coefficient (Wildman–Crippen LogP) is 1.01. The fourth-order valence-electron chi connectivity index (χ4n) is 3.15. The standard InChI is InChI=1S/C20H28N2O10S3/c1-13-9-15(21)17(29-3)11-19(13)33(23,24)7-5-31-35(27,28)32-6-8-34(25,26)20-12-18(30-4)16(22)10-14(20)2/h9-12H,5-8,21-22H2,1-4H3. The summed E-state index contributed by atoms with van der Waals surface area (Å²) in [5.74, 6) is -1.07. The molecule has 4 N–H and O–H groups in total. The number of hydrogen-bond donors (Lipinski definition) is 2. The maximum absolute atomic E-state index is 12.6. The van der Waals surface area contributed by atoms with Crippen LogP contribution in [0.3, 0.4) is 0 Å². The van der Waals surface area contributed by atoms with Crippen LogP contribution in [0.4, 0.5) is 11.4 Å². The zero-order valence-electron chi connectivity index (χ0n) is 19.6. The minimum Gasteiger partial charge on any atom is -0.495 e. The van der Waals surface area contributed by atoms with E-state index in [4.69, 9.17) is 20.9 Å². The van der Waals surface area contributed by atoms with Crippen molar-refractivity contribution in [1.29, 1.82) is 0 Å².